The van der Waals surface area contributed by atoms with Gasteiger partial charge in [0, 0.05) is 5.52 Å². The van der Waals surface area contributed by atoms with Crippen molar-refractivity contribution in [3.63, 3.8) is 0 Å². The highest BCUT2D eigenvalue weighted by molar-refractivity contribution is 5.88. The van der Waals surface area contributed by atoms with Crippen LogP contribution in [-0.4, -0.2) is 23.7 Å². The second-order valence-electron chi connectivity index (χ2n) is 5.94. The third-order valence-electron chi connectivity index (χ3n) is 3.93. The van der Waals surface area contributed by atoms with Crippen LogP contribution < -0.4 is 15.7 Å². The number of fused-ring (bicyclic) bond motifs is 1. The summed E-state index contributed by atoms with van der Waals surface area (Å²) >= 11 is 0. The number of carbonyl (C=O) groups excluding carboxylic acids is 1. The van der Waals surface area contributed by atoms with Gasteiger partial charge < -0.3 is 9.72 Å². The van der Waals surface area contributed by atoms with Crippen LogP contribution in [-0.2, 0) is 4.79 Å². The van der Waals surface area contributed by atoms with Gasteiger partial charge >= 0.3 is 0 Å². The summed E-state index contributed by atoms with van der Waals surface area (Å²) in [6.45, 7) is 3.69. The summed E-state index contributed by atoms with van der Waals surface area (Å²) < 4.78 is 5.56. The predicted octanol–water partition coefficient (Wildman–Crippen LogP) is 2.67. The second kappa shape index (κ2) is 7.65. The van der Waals surface area contributed by atoms with Crippen LogP contribution in [0.4, 0.5) is 0 Å². The molecule has 0 aliphatic carbocycles. The van der Waals surface area contributed by atoms with Crippen LogP contribution in [0.5, 0.6) is 5.75 Å². The van der Waals surface area contributed by atoms with Gasteiger partial charge in [0.05, 0.1) is 11.8 Å². The number of amides is 1. The normalized spacial score (nSPS) is 11.0. The molecule has 1 heterocycles. The van der Waals surface area contributed by atoms with Crippen molar-refractivity contribution in [1.82, 2.24) is 10.4 Å². The molecule has 0 atom stereocenters. The predicted molar refractivity (Wildman–Crippen MR) is 102 cm³/mol. The number of carbonyl (C=O) groups is 1. The first kappa shape index (κ1) is 17.4. The summed E-state index contributed by atoms with van der Waals surface area (Å²) in [5, 5.41) is 4.73. The van der Waals surface area contributed by atoms with Crippen molar-refractivity contribution in [3.8, 4) is 5.75 Å². The maximum atomic E-state index is 12.0. The minimum atomic E-state index is -0.402. The van der Waals surface area contributed by atoms with E-state index in [1.165, 1.54) is 6.21 Å². The van der Waals surface area contributed by atoms with Crippen LogP contribution in [0.25, 0.3) is 10.9 Å². The van der Waals surface area contributed by atoms with Crippen molar-refractivity contribution in [3.05, 3.63) is 75.6 Å². The highest BCUT2D eigenvalue weighted by Gasteiger charge is 2.06. The highest BCUT2D eigenvalue weighted by atomic mass is 16.5. The van der Waals surface area contributed by atoms with Gasteiger partial charge in [-0.25, -0.2) is 5.43 Å². The van der Waals surface area contributed by atoms with Gasteiger partial charge in [-0.1, -0.05) is 36.4 Å². The van der Waals surface area contributed by atoms with E-state index in [0.717, 1.165) is 22.0 Å². The molecule has 2 N–H and O–H groups in total. The summed E-state index contributed by atoms with van der Waals surface area (Å²) in [4.78, 5) is 26.7. The van der Waals surface area contributed by atoms with E-state index in [1.54, 1.807) is 6.07 Å². The molecule has 0 radical (unpaired) electrons. The van der Waals surface area contributed by atoms with Crippen molar-refractivity contribution >= 4 is 23.0 Å². The van der Waals surface area contributed by atoms with Crippen LogP contribution in [0.2, 0.25) is 0 Å². The quantitative estimate of drug-likeness (QED) is 0.549. The molecule has 0 saturated carbocycles. The lowest BCUT2D eigenvalue weighted by Gasteiger charge is -2.10. The zero-order chi connectivity index (χ0) is 18.5. The molecule has 0 aliphatic heterocycles. The van der Waals surface area contributed by atoms with Gasteiger partial charge in [-0.2, -0.15) is 5.10 Å². The largest absolute Gasteiger partial charge is 0.483 e. The number of ether oxygens (including phenoxy) is 1. The number of H-pyrrole nitrogens is 1. The fourth-order valence-electron chi connectivity index (χ4n) is 2.63. The molecule has 26 heavy (non-hydrogen) atoms. The smallest absolute Gasteiger partial charge is 0.277 e. The Labute approximate surface area is 150 Å². The summed E-state index contributed by atoms with van der Waals surface area (Å²) in [5.74, 6) is 0.290. The van der Waals surface area contributed by atoms with Crippen molar-refractivity contribution in [2.45, 2.75) is 13.8 Å². The Hall–Kier alpha value is -3.41. The Morgan fingerprint density at radius 1 is 1.15 bits per heavy atom. The summed E-state index contributed by atoms with van der Waals surface area (Å²) in [7, 11) is 0. The minimum Gasteiger partial charge on any atom is -0.483 e. The zero-order valence-electron chi connectivity index (χ0n) is 14.6. The first-order chi connectivity index (χ1) is 12.5. The molecular weight excluding hydrogens is 330 g/mol. The average molecular weight is 349 g/mol. The first-order valence-electron chi connectivity index (χ1n) is 8.17. The molecule has 0 saturated heterocycles. The van der Waals surface area contributed by atoms with Crippen LogP contribution in [0.1, 0.15) is 16.7 Å². The van der Waals surface area contributed by atoms with E-state index in [9.17, 15) is 9.59 Å². The second-order valence-corrected chi connectivity index (χ2v) is 5.94. The number of aryl methyl sites for hydroxylation is 2. The maximum Gasteiger partial charge on any atom is 0.277 e. The molecule has 0 spiro atoms. The maximum absolute atomic E-state index is 12.0. The van der Waals surface area contributed by atoms with Crippen molar-refractivity contribution in [2.24, 2.45) is 5.10 Å². The Morgan fingerprint density at radius 3 is 2.65 bits per heavy atom. The third-order valence-corrected chi connectivity index (χ3v) is 3.93. The molecule has 0 unspecified atom stereocenters. The topological polar surface area (TPSA) is 83.5 Å². The Morgan fingerprint density at radius 2 is 1.88 bits per heavy atom. The number of para-hydroxylation sites is 2. The van der Waals surface area contributed by atoms with E-state index >= 15 is 0 Å². The molecule has 0 aliphatic rings. The molecule has 2 aromatic carbocycles. The van der Waals surface area contributed by atoms with E-state index in [2.05, 4.69) is 15.5 Å². The van der Waals surface area contributed by atoms with Gasteiger partial charge in [-0.3, -0.25) is 9.59 Å². The molecular formula is C20H19N3O3. The Bertz CT molecular complexity index is 1020. The van der Waals surface area contributed by atoms with Crippen molar-refractivity contribution < 1.29 is 9.53 Å². The standard InChI is InChI=1S/C20H19N3O3/c1-13-6-5-7-14(2)19(13)26-12-18(24)23-21-11-16-10-15-8-3-4-9-17(15)22-20(16)25/h3-11H,12H2,1-2H3,(H,22,25)(H,23,24)/b21-11+. The number of nitrogens with zero attached hydrogens (tertiary/aromatic N) is 1. The minimum absolute atomic E-state index is 0.156. The summed E-state index contributed by atoms with van der Waals surface area (Å²) in [6.07, 6.45) is 1.32. The number of rotatable bonds is 5. The SMILES string of the molecule is Cc1cccc(C)c1OCC(=O)N/N=C/c1cc2ccccc2[nH]c1=O. The number of hydrogen-bond acceptors (Lipinski definition) is 4. The fourth-order valence-corrected chi connectivity index (χ4v) is 2.63. The number of nitrogens with one attached hydrogen (secondary N) is 2. The Balaban J connectivity index is 1.62. The molecule has 1 aromatic heterocycles. The zero-order valence-corrected chi connectivity index (χ0v) is 14.6. The number of hydrazone groups is 1. The van der Waals surface area contributed by atoms with E-state index in [-0.39, 0.29) is 12.2 Å². The van der Waals surface area contributed by atoms with E-state index in [0.29, 0.717) is 11.3 Å². The van der Waals surface area contributed by atoms with E-state index in [4.69, 9.17) is 4.74 Å². The first-order valence-corrected chi connectivity index (χ1v) is 8.17. The summed E-state index contributed by atoms with van der Waals surface area (Å²) in [5.41, 5.74) is 5.13. The summed E-state index contributed by atoms with van der Waals surface area (Å²) in [6, 6.07) is 14.9. The molecule has 3 rings (SSSR count). The number of aromatic nitrogens is 1. The van der Waals surface area contributed by atoms with E-state index in [1.807, 2.05) is 56.3 Å². The van der Waals surface area contributed by atoms with Gasteiger partial charge in [-0.05, 0) is 42.5 Å². The average Bonchev–Trinajstić information content (AvgIpc) is 2.61. The molecule has 132 valence electrons. The number of pyridine rings is 1. The lowest BCUT2D eigenvalue weighted by Crippen LogP contribution is -2.25. The van der Waals surface area contributed by atoms with Gasteiger partial charge in [0.15, 0.2) is 6.61 Å². The molecule has 0 fully saturated rings. The van der Waals surface area contributed by atoms with Crippen LogP contribution >= 0.6 is 0 Å². The van der Waals surface area contributed by atoms with Gasteiger partial charge in [-0.15, -0.1) is 0 Å². The van der Waals surface area contributed by atoms with Crippen molar-refractivity contribution in [2.75, 3.05) is 6.61 Å². The van der Waals surface area contributed by atoms with E-state index < -0.39 is 5.91 Å². The fraction of sp³-hybridized carbons (Fsp3) is 0.150. The highest BCUT2D eigenvalue weighted by Crippen LogP contribution is 2.21. The molecule has 1 amide bonds. The van der Waals surface area contributed by atoms with Gasteiger partial charge in [0.2, 0.25) is 0 Å². The number of aromatic amines is 1. The molecule has 3 aromatic rings. The van der Waals surface area contributed by atoms with Crippen LogP contribution in [0.3, 0.4) is 0 Å². The lowest BCUT2D eigenvalue weighted by atomic mass is 10.1. The molecule has 6 heteroatoms. The Kier molecular flexibility index (Phi) is 5.12. The van der Waals surface area contributed by atoms with Crippen LogP contribution in [0, 0.1) is 13.8 Å². The van der Waals surface area contributed by atoms with Gasteiger partial charge in [0.1, 0.15) is 5.75 Å². The van der Waals surface area contributed by atoms with Crippen molar-refractivity contribution in [1.29, 1.82) is 0 Å². The lowest BCUT2D eigenvalue weighted by molar-refractivity contribution is -0.123. The molecule has 6 nitrogen and oxygen atoms in total. The van der Waals surface area contributed by atoms with Crippen LogP contribution in [0.15, 0.2) is 58.4 Å². The third kappa shape index (κ3) is 3.97. The number of benzene rings is 2. The monoisotopic (exact) mass is 349 g/mol. The number of hydrogen-bond donors (Lipinski definition) is 2. The molecule has 0 bridgehead atoms. The van der Waals surface area contributed by atoms with Gasteiger partial charge in [0.25, 0.3) is 11.5 Å².